The Bertz CT molecular complexity index is 124. The fourth-order valence-corrected chi connectivity index (χ4v) is 0.321. The molecule has 0 amide bonds. The number of hydrogen-bond donors (Lipinski definition) is 0. The van der Waals surface area contributed by atoms with Crippen molar-refractivity contribution in [2.45, 2.75) is 19.6 Å². The summed E-state index contributed by atoms with van der Waals surface area (Å²) >= 11 is 0. The van der Waals surface area contributed by atoms with Gasteiger partial charge in [0.2, 0.25) is 0 Å². The second-order valence-corrected chi connectivity index (χ2v) is 8.64. The van der Waals surface area contributed by atoms with E-state index in [1.807, 2.05) is 30.3 Å². The first-order valence-electron chi connectivity index (χ1n) is 3.52. The summed E-state index contributed by atoms with van der Waals surface area (Å²) in [5.41, 5.74) is 0. The molecule has 13 heavy (non-hydrogen) atoms. The summed E-state index contributed by atoms with van der Waals surface area (Å²) in [4.78, 5) is 0. The minimum absolute atomic E-state index is 0. The predicted octanol–water partition coefficient (Wildman–Crippen LogP) is -2.89. The van der Waals surface area contributed by atoms with Crippen LogP contribution in [-0.2, 0) is 26.2 Å². The van der Waals surface area contributed by atoms with Crippen LogP contribution in [0, 0.1) is 6.55 Å². The first-order valence-corrected chi connectivity index (χ1v) is 7.23. The van der Waals surface area contributed by atoms with Crippen molar-refractivity contribution < 1.29 is 51.0 Å². The van der Waals surface area contributed by atoms with Gasteiger partial charge in [0.05, 0.1) is 0 Å². The maximum Gasteiger partial charge on any atom is 4.00 e. The van der Waals surface area contributed by atoms with Gasteiger partial charge in [-0.3, -0.25) is 0 Å². The van der Waals surface area contributed by atoms with Crippen molar-refractivity contribution >= 4 is 8.07 Å². The van der Waals surface area contributed by atoms with Gasteiger partial charge in [-0.25, -0.2) is 12.1 Å². The maximum atomic E-state index is 3.91. The van der Waals surface area contributed by atoms with E-state index < -0.39 is 8.07 Å². The number of rotatable bonds is 0. The van der Waals surface area contributed by atoms with Crippen molar-refractivity contribution in [3.8, 4) is 0 Å². The zero-order valence-electron chi connectivity index (χ0n) is 8.35. The van der Waals surface area contributed by atoms with Crippen LogP contribution in [0.2, 0.25) is 19.6 Å². The van der Waals surface area contributed by atoms with E-state index in [0.717, 1.165) is 0 Å². The Morgan fingerprint density at radius 2 is 1.23 bits per heavy atom. The molecular weight excluding hydrogens is 298 g/mol. The van der Waals surface area contributed by atoms with Gasteiger partial charge in [0.1, 0.15) is 0 Å². The zero-order chi connectivity index (χ0) is 8.04. The summed E-state index contributed by atoms with van der Waals surface area (Å²) in [7, 11) is -0.861. The topological polar surface area (TPSA) is 0 Å². The molecule has 0 aliphatic heterocycles. The molecule has 0 nitrogen and oxygen atoms in total. The van der Waals surface area contributed by atoms with Crippen LogP contribution >= 0.6 is 0 Å². The van der Waals surface area contributed by atoms with Gasteiger partial charge in [-0.05, 0) is 0 Å². The zero-order valence-corrected chi connectivity index (χ0v) is 13.3. The van der Waals surface area contributed by atoms with Gasteiger partial charge < -0.3 is 31.4 Å². The molecule has 0 spiro atoms. The van der Waals surface area contributed by atoms with Gasteiger partial charge in [-0.15, -0.1) is 8.07 Å². The van der Waals surface area contributed by atoms with Crippen molar-refractivity contribution in [3.05, 3.63) is 36.9 Å². The largest absolute Gasteiger partial charge is 4.00 e. The van der Waals surface area contributed by atoms with Gasteiger partial charge in [-0.1, -0.05) is 19.6 Å². The molecule has 1 aromatic rings. The number of hydrogen-bond acceptors (Lipinski definition) is 0. The number of halogens is 2. The van der Waals surface area contributed by atoms with Crippen molar-refractivity contribution in [3.63, 3.8) is 0 Å². The Morgan fingerprint density at radius 3 is 1.31 bits per heavy atom. The summed E-state index contributed by atoms with van der Waals surface area (Å²) in [6, 6.07) is 10.0. The fourth-order valence-electron chi connectivity index (χ4n) is 0.321. The molecule has 0 fully saturated rings. The molecule has 0 aliphatic carbocycles. The van der Waals surface area contributed by atoms with Crippen molar-refractivity contribution in [2.75, 3.05) is 0 Å². The monoisotopic (exact) mass is 312 g/mol. The summed E-state index contributed by atoms with van der Waals surface area (Å²) in [5, 5.41) is 0. The predicted molar refractivity (Wildman–Crippen MR) is 50.7 cm³/mol. The van der Waals surface area contributed by atoms with E-state index >= 15 is 0 Å². The smallest absolute Gasteiger partial charge is 1.00 e. The van der Waals surface area contributed by atoms with Crippen LogP contribution in [0.25, 0.3) is 0 Å². The molecule has 0 aliphatic rings. The second kappa shape index (κ2) is 13.0. The van der Waals surface area contributed by atoms with Gasteiger partial charge in [0, 0.05) is 0 Å². The van der Waals surface area contributed by atoms with Gasteiger partial charge in [0.15, 0.2) is 0 Å². The fraction of sp³-hybridized carbons (Fsp3) is 0.333. The molecule has 0 N–H and O–H groups in total. The average Bonchev–Trinajstić information content (AvgIpc) is 2.07. The summed E-state index contributed by atoms with van der Waals surface area (Å²) in [6.07, 6.45) is 0. The molecule has 0 heterocycles. The normalized spacial score (nSPS) is 7.69. The Morgan fingerprint density at radius 1 is 1.00 bits per heavy atom. The summed E-state index contributed by atoms with van der Waals surface area (Å²) < 4.78 is 0. The summed E-state index contributed by atoms with van der Waals surface area (Å²) in [6.45, 7) is 10.6. The molecule has 1 aromatic carbocycles. The molecule has 0 radical (unpaired) electrons. The molecule has 0 bridgehead atoms. The first kappa shape index (κ1) is 23.7. The van der Waals surface area contributed by atoms with E-state index in [-0.39, 0.29) is 51.0 Å². The van der Waals surface area contributed by atoms with Gasteiger partial charge in [-0.2, -0.15) is 18.2 Å². The SMILES string of the molecule is [CH2-][Si](C)(C)C.[Cl-].[Cl-].[Zr+4].c1cc[cH-]c1. The third-order valence-electron chi connectivity index (χ3n) is 0.556. The average molecular weight is 314 g/mol. The van der Waals surface area contributed by atoms with E-state index in [1.165, 1.54) is 0 Å². The minimum Gasteiger partial charge on any atom is -1.00 e. The molecule has 0 saturated carbocycles. The van der Waals surface area contributed by atoms with Gasteiger partial charge >= 0.3 is 26.2 Å². The molecule has 4 heteroatoms. The van der Waals surface area contributed by atoms with E-state index in [0.29, 0.717) is 0 Å². The second-order valence-electron chi connectivity index (χ2n) is 3.52. The molecule has 1 rings (SSSR count). The van der Waals surface area contributed by atoms with E-state index in [1.54, 1.807) is 0 Å². The third kappa shape index (κ3) is 43.6. The van der Waals surface area contributed by atoms with Crippen LogP contribution in [0.3, 0.4) is 0 Å². The summed E-state index contributed by atoms with van der Waals surface area (Å²) in [5.74, 6) is 0. The third-order valence-corrected chi connectivity index (χ3v) is 0.556. The van der Waals surface area contributed by atoms with E-state index in [9.17, 15) is 0 Å². The van der Waals surface area contributed by atoms with Crippen LogP contribution in [0.4, 0.5) is 0 Å². The molecule has 0 atom stereocenters. The van der Waals surface area contributed by atoms with Crippen LogP contribution in [0.15, 0.2) is 30.3 Å². The Labute approximate surface area is 115 Å². The minimum atomic E-state index is -0.861. The van der Waals surface area contributed by atoms with Gasteiger partial charge in [0.25, 0.3) is 0 Å². The molecule has 0 unspecified atom stereocenters. The standard InChI is InChI=1S/C5H5.C4H11Si.2ClH.Zr/c1-2-4-5-3-1;1-5(2,3)4;;;/h1-5H;1H2,2-4H3;2*1H;/q2*-1;;;+4/p-2. The van der Waals surface area contributed by atoms with E-state index in [2.05, 4.69) is 26.2 Å². The molecule has 74 valence electrons. The van der Waals surface area contributed by atoms with Crippen molar-refractivity contribution in [1.82, 2.24) is 0 Å². The van der Waals surface area contributed by atoms with Crippen LogP contribution in [-0.4, -0.2) is 8.07 Å². The van der Waals surface area contributed by atoms with Crippen molar-refractivity contribution in [1.29, 1.82) is 0 Å². The first-order chi connectivity index (χ1) is 4.50. The molecule has 0 saturated heterocycles. The van der Waals surface area contributed by atoms with E-state index in [4.69, 9.17) is 0 Å². The quantitative estimate of drug-likeness (QED) is 0.356. The Kier molecular flexibility index (Phi) is 23.7. The van der Waals surface area contributed by atoms with Crippen LogP contribution < -0.4 is 24.8 Å². The van der Waals surface area contributed by atoms with Crippen LogP contribution in [0.5, 0.6) is 0 Å². The molecule has 0 aromatic heterocycles. The van der Waals surface area contributed by atoms with Crippen LogP contribution in [0.1, 0.15) is 0 Å². The maximum absolute atomic E-state index is 3.91. The Hall–Kier alpha value is 1.03. The van der Waals surface area contributed by atoms with Crippen molar-refractivity contribution in [2.24, 2.45) is 0 Å². The molecular formula is C9H16Cl2SiZr. The Balaban J connectivity index is -0.0000000506.